The molecule has 1 saturated heterocycles. The second-order valence-corrected chi connectivity index (χ2v) is 7.97. The van der Waals surface area contributed by atoms with Crippen LogP contribution in [0.25, 0.3) is 6.08 Å². The second kappa shape index (κ2) is 9.78. The van der Waals surface area contributed by atoms with E-state index in [1.165, 1.54) is 11.8 Å². The smallest absolute Gasteiger partial charge is 0.263 e. The van der Waals surface area contributed by atoms with E-state index < -0.39 is 0 Å². The van der Waals surface area contributed by atoms with Crippen LogP contribution in [0.15, 0.2) is 60.0 Å². The molecule has 144 valence electrons. The first-order valence-electron chi connectivity index (χ1n) is 8.55. The lowest BCUT2D eigenvalue weighted by Crippen LogP contribution is -2.17. The van der Waals surface area contributed by atoms with Crippen LogP contribution in [-0.2, 0) is 11.2 Å². The van der Waals surface area contributed by atoms with Gasteiger partial charge < -0.3 is 14.8 Å². The quantitative estimate of drug-likeness (QED) is 0.275. The average Bonchev–Trinajstić information content (AvgIpc) is 2.98. The van der Waals surface area contributed by atoms with E-state index in [2.05, 4.69) is 11.9 Å². The molecule has 1 amide bonds. The molecule has 0 aromatic heterocycles. The molecule has 1 heterocycles. The molecule has 0 radical (unpaired) electrons. The zero-order valence-corrected chi connectivity index (χ0v) is 17.3. The Balaban J connectivity index is 1.56. The van der Waals surface area contributed by atoms with Crippen molar-refractivity contribution in [3.8, 4) is 11.5 Å². The molecule has 7 heteroatoms. The number of nitrogens with one attached hydrogen (secondary N) is 1. The Kier molecular flexibility index (Phi) is 7.14. The highest BCUT2D eigenvalue weighted by molar-refractivity contribution is 8.26. The summed E-state index contributed by atoms with van der Waals surface area (Å²) >= 11 is 12.5. The largest absolute Gasteiger partial charge is 0.490 e. The molecule has 1 fully saturated rings. The number of carbonyl (C=O) groups excluding carboxylic acids is 1. The van der Waals surface area contributed by atoms with Crippen molar-refractivity contribution >= 4 is 51.9 Å². The number of rotatable bonds is 8. The van der Waals surface area contributed by atoms with E-state index in [4.69, 9.17) is 33.3 Å². The van der Waals surface area contributed by atoms with E-state index in [0.29, 0.717) is 33.2 Å². The van der Waals surface area contributed by atoms with E-state index in [1.807, 2.05) is 36.4 Å². The average molecular weight is 432 g/mol. The fourth-order valence-corrected chi connectivity index (χ4v) is 3.86. The monoisotopic (exact) mass is 431 g/mol. The summed E-state index contributed by atoms with van der Waals surface area (Å²) in [6.07, 6.45) is 4.34. The van der Waals surface area contributed by atoms with Gasteiger partial charge in [-0.2, -0.15) is 0 Å². The van der Waals surface area contributed by atoms with Crippen molar-refractivity contribution in [2.75, 3.05) is 13.2 Å². The Bertz CT molecular complexity index is 943. The number of hydrogen-bond acceptors (Lipinski definition) is 5. The minimum atomic E-state index is -0.194. The number of thioether (sulfide) groups is 1. The number of hydrogen-bond donors (Lipinski definition) is 1. The van der Waals surface area contributed by atoms with E-state index in [9.17, 15) is 4.79 Å². The Morgan fingerprint density at radius 2 is 1.89 bits per heavy atom. The fourth-order valence-electron chi connectivity index (χ4n) is 2.57. The predicted molar refractivity (Wildman–Crippen MR) is 119 cm³/mol. The molecule has 1 aliphatic rings. The van der Waals surface area contributed by atoms with Crippen LogP contribution in [0.5, 0.6) is 11.5 Å². The van der Waals surface area contributed by atoms with Crippen molar-refractivity contribution in [2.24, 2.45) is 0 Å². The minimum Gasteiger partial charge on any atom is -0.490 e. The lowest BCUT2D eigenvalue weighted by molar-refractivity contribution is -0.115. The Morgan fingerprint density at radius 3 is 2.57 bits per heavy atom. The maximum absolute atomic E-state index is 11.7. The highest BCUT2D eigenvalue weighted by atomic mass is 35.5. The van der Waals surface area contributed by atoms with Gasteiger partial charge in [-0.1, -0.05) is 65.9 Å². The molecule has 1 aliphatic heterocycles. The van der Waals surface area contributed by atoms with Crippen LogP contribution in [0, 0.1) is 0 Å². The maximum atomic E-state index is 11.7. The summed E-state index contributed by atoms with van der Waals surface area (Å²) < 4.78 is 12.0. The molecule has 0 aliphatic carbocycles. The van der Waals surface area contributed by atoms with Gasteiger partial charge in [0.1, 0.15) is 29.0 Å². The van der Waals surface area contributed by atoms with E-state index >= 15 is 0 Å². The third kappa shape index (κ3) is 5.38. The number of para-hydroxylation sites is 1. The first kappa shape index (κ1) is 20.5. The molecule has 28 heavy (non-hydrogen) atoms. The van der Waals surface area contributed by atoms with Crippen LogP contribution >= 0.6 is 35.6 Å². The SMILES string of the molecule is C=CCc1ccccc1OCCOc1ccc(/C=C2\SC(=S)NC2=O)cc1Cl. The summed E-state index contributed by atoms with van der Waals surface area (Å²) in [6, 6.07) is 13.2. The number of allylic oxidation sites excluding steroid dienone is 1. The Labute approximate surface area is 178 Å². The summed E-state index contributed by atoms with van der Waals surface area (Å²) in [5.74, 6) is 1.19. The molecule has 0 bridgehead atoms. The molecular formula is C21H18ClNO3S2. The summed E-state index contributed by atoms with van der Waals surface area (Å²) in [6.45, 7) is 4.51. The topological polar surface area (TPSA) is 47.6 Å². The van der Waals surface area contributed by atoms with Gasteiger partial charge in [-0.15, -0.1) is 6.58 Å². The highest BCUT2D eigenvalue weighted by Crippen LogP contribution is 2.30. The van der Waals surface area contributed by atoms with Crippen molar-refractivity contribution in [1.29, 1.82) is 0 Å². The van der Waals surface area contributed by atoms with Crippen LogP contribution in [0.1, 0.15) is 11.1 Å². The van der Waals surface area contributed by atoms with E-state index in [1.54, 1.807) is 18.2 Å². The first-order valence-corrected chi connectivity index (χ1v) is 10.2. The fraction of sp³-hybridized carbons (Fsp3) is 0.143. The molecular weight excluding hydrogens is 414 g/mol. The highest BCUT2D eigenvalue weighted by Gasteiger charge is 2.22. The molecule has 2 aromatic rings. The summed E-state index contributed by atoms with van der Waals surface area (Å²) in [4.78, 5) is 12.3. The standard InChI is InChI=1S/C21H18ClNO3S2/c1-2-5-15-6-3-4-7-17(15)25-10-11-26-18-9-8-14(12-16(18)22)13-19-20(24)23-21(27)28-19/h2-4,6-9,12-13H,1,5,10-11H2,(H,23,24,27)/b19-13-. The molecule has 0 atom stereocenters. The number of thiocarbonyl (C=S) groups is 1. The molecule has 0 unspecified atom stereocenters. The van der Waals surface area contributed by atoms with Gasteiger partial charge in [0, 0.05) is 0 Å². The molecule has 2 aromatic carbocycles. The zero-order valence-electron chi connectivity index (χ0n) is 14.9. The van der Waals surface area contributed by atoms with Crippen molar-refractivity contribution < 1.29 is 14.3 Å². The lowest BCUT2D eigenvalue weighted by atomic mass is 10.1. The molecule has 1 N–H and O–H groups in total. The Morgan fingerprint density at radius 1 is 1.14 bits per heavy atom. The normalized spacial score (nSPS) is 14.8. The molecule has 4 nitrogen and oxygen atoms in total. The number of ether oxygens (including phenoxy) is 2. The van der Waals surface area contributed by atoms with Crippen LogP contribution in [0.2, 0.25) is 5.02 Å². The van der Waals surface area contributed by atoms with Gasteiger partial charge in [-0.05, 0) is 41.8 Å². The van der Waals surface area contributed by atoms with Gasteiger partial charge in [0.25, 0.3) is 5.91 Å². The van der Waals surface area contributed by atoms with Crippen molar-refractivity contribution in [2.45, 2.75) is 6.42 Å². The van der Waals surface area contributed by atoms with Gasteiger partial charge in [0.2, 0.25) is 0 Å². The third-order valence-electron chi connectivity index (χ3n) is 3.83. The molecule has 0 saturated carbocycles. The summed E-state index contributed by atoms with van der Waals surface area (Å²) in [5, 5.41) is 3.05. The van der Waals surface area contributed by atoms with Gasteiger partial charge >= 0.3 is 0 Å². The van der Waals surface area contributed by atoms with Crippen LogP contribution in [-0.4, -0.2) is 23.4 Å². The lowest BCUT2D eigenvalue weighted by Gasteiger charge is -2.12. The third-order valence-corrected chi connectivity index (χ3v) is 5.29. The number of amides is 1. The van der Waals surface area contributed by atoms with Crippen molar-refractivity contribution in [1.82, 2.24) is 5.32 Å². The van der Waals surface area contributed by atoms with Gasteiger partial charge in [-0.3, -0.25) is 4.79 Å². The number of carbonyl (C=O) groups is 1. The Hall–Kier alpha value is -2.28. The number of benzene rings is 2. The maximum Gasteiger partial charge on any atom is 0.263 e. The number of halogens is 1. The minimum absolute atomic E-state index is 0.194. The predicted octanol–water partition coefficient (Wildman–Crippen LogP) is 5.02. The molecule has 0 spiro atoms. The zero-order chi connectivity index (χ0) is 19.9. The van der Waals surface area contributed by atoms with Crippen LogP contribution < -0.4 is 14.8 Å². The first-order chi connectivity index (χ1) is 13.6. The second-order valence-electron chi connectivity index (χ2n) is 5.84. The van der Waals surface area contributed by atoms with Crippen LogP contribution in [0.4, 0.5) is 0 Å². The summed E-state index contributed by atoms with van der Waals surface area (Å²) in [7, 11) is 0. The van der Waals surface area contributed by atoms with Gasteiger partial charge in [0.15, 0.2) is 0 Å². The summed E-state index contributed by atoms with van der Waals surface area (Å²) in [5.41, 5.74) is 1.88. The van der Waals surface area contributed by atoms with Gasteiger partial charge in [-0.25, -0.2) is 0 Å². The van der Waals surface area contributed by atoms with Crippen molar-refractivity contribution in [3.63, 3.8) is 0 Å². The van der Waals surface area contributed by atoms with Crippen LogP contribution in [0.3, 0.4) is 0 Å². The van der Waals surface area contributed by atoms with E-state index in [0.717, 1.165) is 23.3 Å². The molecule has 3 rings (SSSR count). The van der Waals surface area contributed by atoms with Gasteiger partial charge in [0.05, 0.1) is 9.93 Å². The van der Waals surface area contributed by atoms with E-state index in [-0.39, 0.29) is 5.91 Å². The van der Waals surface area contributed by atoms with Crippen molar-refractivity contribution in [3.05, 3.63) is 76.2 Å².